The van der Waals surface area contributed by atoms with E-state index in [1.54, 1.807) is 0 Å². The maximum atomic E-state index is 11.4. The molecule has 0 N–H and O–H groups in total. The lowest BCUT2D eigenvalue weighted by Gasteiger charge is -2.20. The van der Waals surface area contributed by atoms with Gasteiger partial charge >= 0.3 is 5.97 Å². The zero-order chi connectivity index (χ0) is 9.68. The normalized spacial score (nSPS) is 22.6. The Kier molecular flexibility index (Phi) is 3.80. The molecule has 0 bridgehead atoms. The number of carbonyl (C=O) groups excluding carboxylic acids is 1. The quantitative estimate of drug-likeness (QED) is 0.622. The first-order chi connectivity index (χ1) is 6.29. The molecule has 0 spiro atoms. The largest absolute Gasteiger partial charge is 0.464 e. The van der Waals surface area contributed by atoms with Gasteiger partial charge in [-0.3, -0.25) is 0 Å². The second-order valence-corrected chi connectivity index (χ2v) is 3.13. The Balaban J connectivity index is 2.52. The summed E-state index contributed by atoms with van der Waals surface area (Å²) in [5.41, 5.74) is 0. The number of rotatable bonds is 3. The van der Waals surface area contributed by atoms with Crippen molar-refractivity contribution in [3.05, 3.63) is 12.3 Å². The predicted molar refractivity (Wildman–Crippen MR) is 51.2 cm³/mol. The molecule has 1 aliphatic heterocycles. The minimum Gasteiger partial charge on any atom is -0.464 e. The monoisotopic (exact) mass is 183 g/mol. The van der Waals surface area contributed by atoms with Gasteiger partial charge in [0.1, 0.15) is 6.04 Å². The Morgan fingerprint density at radius 2 is 2.46 bits per heavy atom. The van der Waals surface area contributed by atoms with E-state index < -0.39 is 0 Å². The van der Waals surface area contributed by atoms with Crippen molar-refractivity contribution in [3.63, 3.8) is 0 Å². The minimum absolute atomic E-state index is 0.0452. The van der Waals surface area contributed by atoms with Gasteiger partial charge in [0, 0.05) is 6.54 Å². The van der Waals surface area contributed by atoms with Crippen LogP contribution in [-0.4, -0.2) is 30.1 Å². The van der Waals surface area contributed by atoms with Gasteiger partial charge in [-0.1, -0.05) is 6.08 Å². The smallest absolute Gasteiger partial charge is 0.328 e. The Bertz CT molecular complexity index is 201. The number of carbonyl (C=O) groups is 1. The van der Waals surface area contributed by atoms with Gasteiger partial charge in [-0.25, -0.2) is 4.79 Å². The molecule has 1 heterocycles. The molecule has 0 radical (unpaired) electrons. The standard InChI is InChI=1S/C10H17NO2/c1-3-7-11-8-5-6-9(11)10(12)13-4-2/h3,7,9H,4-6,8H2,1-2H3/b7-3-. The molecular formula is C10H17NO2. The molecule has 1 saturated heterocycles. The SMILES string of the molecule is C/C=C\N1CCCC1C(=O)OCC. The first-order valence-electron chi connectivity index (χ1n) is 4.84. The van der Waals surface area contributed by atoms with Gasteiger partial charge in [0.25, 0.3) is 0 Å². The van der Waals surface area contributed by atoms with Crippen LogP contribution in [0.2, 0.25) is 0 Å². The number of hydrogen-bond acceptors (Lipinski definition) is 3. The highest BCUT2D eigenvalue weighted by molar-refractivity contribution is 5.76. The molecule has 0 aromatic rings. The van der Waals surface area contributed by atoms with Crippen LogP contribution in [0.25, 0.3) is 0 Å². The Morgan fingerprint density at radius 3 is 3.08 bits per heavy atom. The van der Waals surface area contributed by atoms with E-state index >= 15 is 0 Å². The van der Waals surface area contributed by atoms with Crippen LogP contribution in [-0.2, 0) is 9.53 Å². The summed E-state index contributed by atoms with van der Waals surface area (Å²) < 4.78 is 4.99. The Morgan fingerprint density at radius 1 is 1.69 bits per heavy atom. The van der Waals surface area contributed by atoms with Gasteiger partial charge in [-0.05, 0) is 32.9 Å². The number of hydrogen-bond donors (Lipinski definition) is 0. The van der Waals surface area contributed by atoms with Crippen molar-refractivity contribution in [1.29, 1.82) is 0 Å². The molecule has 1 atom stereocenters. The molecule has 0 aromatic heterocycles. The molecule has 1 aliphatic rings. The highest BCUT2D eigenvalue weighted by Crippen LogP contribution is 2.18. The average Bonchev–Trinajstić information content (AvgIpc) is 2.54. The average molecular weight is 183 g/mol. The maximum Gasteiger partial charge on any atom is 0.328 e. The van der Waals surface area contributed by atoms with E-state index in [2.05, 4.69) is 4.90 Å². The molecule has 3 nitrogen and oxygen atoms in total. The van der Waals surface area contributed by atoms with E-state index in [-0.39, 0.29) is 12.0 Å². The summed E-state index contributed by atoms with van der Waals surface area (Å²) >= 11 is 0. The van der Waals surface area contributed by atoms with Crippen molar-refractivity contribution >= 4 is 5.97 Å². The van der Waals surface area contributed by atoms with Crippen molar-refractivity contribution in [2.24, 2.45) is 0 Å². The Labute approximate surface area is 79.4 Å². The van der Waals surface area contributed by atoms with E-state index in [0.717, 1.165) is 19.4 Å². The molecular weight excluding hydrogens is 166 g/mol. The van der Waals surface area contributed by atoms with Crippen LogP contribution in [0.5, 0.6) is 0 Å². The molecule has 0 aromatic carbocycles. The molecule has 0 saturated carbocycles. The summed E-state index contributed by atoms with van der Waals surface area (Å²) in [6, 6.07) is -0.0452. The molecule has 1 unspecified atom stereocenters. The second kappa shape index (κ2) is 4.90. The summed E-state index contributed by atoms with van der Waals surface area (Å²) in [6.45, 7) is 5.24. The van der Waals surface area contributed by atoms with Crippen LogP contribution in [0.1, 0.15) is 26.7 Å². The lowest BCUT2D eigenvalue weighted by atomic mass is 10.2. The molecule has 1 rings (SSSR count). The van der Waals surface area contributed by atoms with Gasteiger partial charge < -0.3 is 9.64 Å². The molecule has 74 valence electrons. The van der Waals surface area contributed by atoms with E-state index in [0.29, 0.717) is 6.61 Å². The summed E-state index contributed by atoms with van der Waals surface area (Å²) in [4.78, 5) is 13.5. The van der Waals surface area contributed by atoms with Crippen LogP contribution in [0.15, 0.2) is 12.3 Å². The molecule has 3 heteroatoms. The second-order valence-electron chi connectivity index (χ2n) is 3.13. The van der Waals surface area contributed by atoms with Crippen molar-refractivity contribution in [3.8, 4) is 0 Å². The number of likely N-dealkylation sites (tertiary alicyclic amines) is 1. The third-order valence-corrected chi connectivity index (χ3v) is 2.19. The van der Waals surface area contributed by atoms with E-state index in [1.165, 1.54) is 0 Å². The lowest BCUT2D eigenvalue weighted by molar-refractivity contribution is -0.147. The topological polar surface area (TPSA) is 29.5 Å². The fourth-order valence-electron chi connectivity index (χ4n) is 1.65. The van der Waals surface area contributed by atoms with Gasteiger partial charge in [-0.2, -0.15) is 0 Å². The van der Waals surface area contributed by atoms with Gasteiger partial charge in [0.05, 0.1) is 6.61 Å². The van der Waals surface area contributed by atoms with Gasteiger partial charge in [-0.15, -0.1) is 0 Å². The van der Waals surface area contributed by atoms with Crippen molar-refractivity contribution in [1.82, 2.24) is 4.90 Å². The van der Waals surface area contributed by atoms with Crippen LogP contribution in [0.3, 0.4) is 0 Å². The summed E-state index contributed by atoms with van der Waals surface area (Å²) in [5, 5.41) is 0. The Hall–Kier alpha value is -0.990. The van der Waals surface area contributed by atoms with Gasteiger partial charge in [0.15, 0.2) is 0 Å². The number of allylic oxidation sites excluding steroid dienone is 1. The lowest BCUT2D eigenvalue weighted by Crippen LogP contribution is -2.33. The fraction of sp³-hybridized carbons (Fsp3) is 0.700. The summed E-state index contributed by atoms with van der Waals surface area (Å²) in [7, 11) is 0. The van der Waals surface area contributed by atoms with Gasteiger partial charge in [0.2, 0.25) is 0 Å². The summed E-state index contributed by atoms with van der Waals surface area (Å²) in [6.07, 6.45) is 5.92. The van der Waals surface area contributed by atoms with Crippen molar-refractivity contribution in [2.45, 2.75) is 32.7 Å². The zero-order valence-corrected chi connectivity index (χ0v) is 8.32. The van der Waals surface area contributed by atoms with E-state index in [9.17, 15) is 4.79 Å². The number of nitrogens with zero attached hydrogens (tertiary/aromatic N) is 1. The maximum absolute atomic E-state index is 11.4. The first kappa shape index (κ1) is 10.1. The third kappa shape index (κ3) is 2.47. The highest BCUT2D eigenvalue weighted by Gasteiger charge is 2.29. The van der Waals surface area contributed by atoms with E-state index in [1.807, 2.05) is 26.1 Å². The van der Waals surface area contributed by atoms with Crippen LogP contribution in [0, 0.1) is 0 Å². The van der Waals surface area contributed by atoms with Crippen molar-refractivity contribution in [2.75, 3.05) is 13.2 Å². The predicted octanol–water partition coefficient (Wildman–Crippen LogP) is 1.55. The number of ether oxygens (including phenoxy) is 1. The third-order valence-electron chi connectivity index (χ3n) is 2.19. The molecule has 0 amide bonds. The fourth-order valence-corrected chi connectivity index (χ4v) is 1.65. The molecule has 13 heavy (non-hydrogen) atoms. The molecule has 1 fully saturated rings. The van der Waals surface area contributed by atoms with E-state index in [4.69, 9.17) is 4.74 Å². The van der Waals surface area contributed by atoms with Crippen LogP contribution < -0.4 is 0 Å². The minimum atomic E-state index is -0.0851. The number of esters is 1. The van der Waals surface area contributed by atoms with Crippen LogP contribution >= 0.6 is 0 Å². The van der Waals surface area contributed by atoms with Crippen molar-refractivity contribution < 1.29 is 9.53 Å². The first-order valence-corrected chi connectivity index (χ1v) is 4.84. The van der Waals surface area contributed by atoms with Crippen LogP contribution in [0.4, 0.5) is 0 Å². The molecule has 0 aliphatic carbocycles. The highest BCUT2D eigenvalue weighted by atomic mass is 16.5. The summed E-state index contributed by atoms with van der Waals surface area (Å²) in [5.74, 6) is -0.0851. The zero-order valence-electron chi connectivity index (χ0n) is 8.32.